The molecule has 0 bridgehead atoms. The van der Waals surface area contributed by atoms with Gasteiger partial charge < -0.3 is 4.74 Å². The van der Waals surface area contributed by atoms with Crippen LogP contribution < -0.4 is 4.74 Å². The van der Waals surface area contributed by atoms with Crippen molar-refractivity contribution in [2.45, 2.75) is 13.3 Å². The van der Waals surface area contributed by atoms with E-state index in [2.05, 4.69) is 22.6 Å². The van der Waals surface area contributed by atoms with E-state index in [-0.39, 0.29) is 0 Å². The van der Waals surface area contributed by atoms with Crippen LogP contribution in [0.25, 0.3) is 0 Å². The van der Waals surface area contributed by atoms with Crippen molar-refractivity contribution >= 4 is 22.6 Å². The second-order valence-electron chi connectivity index (χ2n) is 2.64. The highest BCUT2D eigenvalue weighted by Crippen LogP contribution is 2.21. The van der Waals surface area contributed by atoms with Crippen LogP contribution in [0.3, 0.4) is 0 Å². The summed E-state index contributed by atoms with van der Waals surface area (Å²) in [5, 5.41) is 0. The highest BCUT2D eigenvalue weighted by molar-refractivity contribution is 14.1. The molecule has 0 saturated heterocycles. The van der Waals surface area contributed by atoms with Gasteiger partial charge in [-0.05, 0) is 47.2 Å². The van der Waals surface area contributed by atoms with Crippen molar-refractivity contribution < 1.29 is 13.5 Å². The van der Waals surface area contributed by atoms with Gasteiger partial charge in [0.2, 0.25) is 0 Å². The van der Waals surface area contributed by atoms with Crippen molar-refractivity contribution in [1.82, 2.24) is 0 Å². The Kier molecular flexibility index (Phi) is 3.90. The minimum absolute atomic E-state index is 0.520. The third-order valence-electron chi connectivity index (χ3n) is 1.45. The SMILES string of the molecule is Cc1ccc(OCC(F)F)c(I)c1. The molecule has 1 aromatic carbocycles. The minimum atomic E-state index is -2.42. The van der Waals surface area contributed by atoms with E-state index in [9.17, 15) is 8.78 Å². The molecule has 72 valence electrons. The first-order valence-electron chi connectivity index (χ1n) is 3.76. The van der Waals surface area contributed by atoms with Crippen LogP contribution in [0.4, 0.5) is 8.78 Å². The van der Waals surface area contributed by atoms with Crippen LogP contribution in [-0.4, -0.2) is 13.0 Å². The molecule has 0 aliphatic heterocycles. The lowest BCUT2D eigenvalue weighted by Crippen LogP contribution is -2.07. The molecule has 1 rings (SSSR count). The number of ether oxygens (including phenoxy) is 1. The Morgan fingerprint density at radius 2 is 2.15 bits per heavy atom. The predicted octanol–water partition coefficient (Wildman–Crippen LogP) is 3.24. The van der Waals surface area contributed by atoms with Crippen molar-refractivity contribution in [3.05, 3.63) is 27.3 Å². The minimum Gasteiger partial charge on any atom is -0.487 e. The quantitative estimate of drug-likeness (QED) is 0.778. The first kappa shape index (κ1) is 10.7. The van der Waals surface area contributed by atoms with Gasteiger partial charge in [-0.25, -0.2) is 8.78 Å². The lowest BCUT2D eigenvalue weighted by atomic mass is 10.2. The Hall–Kier alpha value is -0.390. The molecule has 1 nitrogen and oxygen atoms in total. The number of aryl methyl sites for hydroxylation is 1. The van der Waals surface area contributed by atoms with Crippen molar-refractivity contribution in [2.75, 3.05) is 6.61 Å². The highest BCUT2D eigenvalue weighted by atomic mass is 127. The molecule has 0 aliphatic rings. The topological polar surface area (TPSA) is 9.23 Å². The number of hydrogen-bond donors (Lipinski definition) is 0. The zero-order chi connectivity index (χ0) is 9.84. The average Bonchev–Trinajstić information content (AvgIpc) is 2.02. The van der Waals surface area contributed by atoms with Crippen LogP contribution in [0, 0.1) is 10.5 Å². The number of rotatable bonds is 3. The molecule has 0 aromatic heterocycles. The number of hydrogen-bond acceptors (Lipinski definition) is 1. The number of alkyl halides is 2. The van der Waals surface area contributed by atoms with E-state index in [0.717, 1.165) is 9.13 Å². The molecule has 0 atom stereocenters. The molecule has 0 unspecified atom stereocenters. The lowest BCUT2D eigenvalue weighted by Gasteiger charge is -2.07. The lowest BCUT2D eigenvalue weighted by molar-refractivity contribution is 0.0815. The predicted molar refractivity (Wildman–Crippen MR) is 55.4 cm³/mol. The summed E-state index contributed by atoms with van der Waals surface area (Å²) in [7, 11) is 0. The zero-order valence-electron chi connectivity index (χ0n) is 7.06. The molecule has 0 spiro atoms. The normalized spacial score (nSPS) is 10.5. The van der Waals surface area contributed by atoms with Crippen molar-refractivity contribution in [1.29, 1.82) is 0 Å². The van der Waals surface area contributed by atoms with Gasteiger partial charge in [-0.3, -0.25) is 0 Å². The van der Waals surface area contributed by atoms with Gasteiger partial charge in [0, 0.05) is 0 Å². The molecule has 0 amide bonds. The van der Waals surface area contributed by atoms with Crippen LogP contribution in [0.1, 0.15) is 5.56 Å². The third-order valence-corrected chi connectivity index (χ3v) is 2.30. The van der Waals surface area contributed by atoms with Crippen LogP contribution in [-0.2, 0) is 0 Å². The molecule has 0 N–H and O–H groups in total. The Morgan fingerprint density at radius 1 is 1.46 bits per heavy atom. The van der Waals surface area contributed by atoms with Crippen molar-refractivity contribution in [3.63, 3.8) is 0 Å². The average molecular weight is 298 g/mol. The summed E-state index contributed by atoms with van der Waals surface area (Å²) in [6.07, 6.45) is -2.42. The van der Waals surface area contributed by atoms with Gasteiger partial charge in [0.1, 0.15) is 12.4 Å². The third kappa shape index (κ3) is 3.46. The standard InChI is InChI=1S/C9H9F2IO/c1-6-2-3-8(7(12)4-6)13-5-9(10)11/h2-4,9H,5H2,1H3. The first-order chi connectivity index (χ1) is 6.09. The van der Waals surface area contributed by atoms with Gasteiger partial charge in [0.25, 0.3) is 6.43 Å². The smallest absolute Gasteiger partial charge is 0.272 e. The summed E-state index contributed by atoms with van der Waals surface area (Å²) in [5.74, 6) is 0.520. The summed E-state index contributed by atoms with van der Waals surface area (Å²) in [4.78, 5) is 0. The fourth-order valence-electron chi connectivity index (χ4n) is 0.876. The van der Waals surface area contributed by atoms with Crippen LogP contribution in [0.15, 0.2) is 18.2 Å². The van der Waals surface area contributed by atoms with E-state index in [1.807, 2.05) is 19.1 Å². The molecule has 0 aliphatic carbocycles. The van der Waals surface area contributed by atoms with E-state index >= 15 is 0 Å². The van der Waals surface area contributed by atoms with Crippen molar-refractivity contribution in [3.8, 4) is 5.75 Å². The second-order valence-corrected chi connectivity index (χ2v) is 3.80. The zero-order valence-corrected chi connectivity index (χ0v) is 9.22. The van der Waals surface area contributed by atoms with E-state index in [4.69, 9.17) is 4.74 Å². The van der Waals surface area contributed by atoms with Gasteiger partial charge in [0.15, 0.2) is 0 Å². The van der Waals surface area contributed by atoms with Gasteiger partial charge in [-0.15, -0.1) is 0 Å². The molecule has 0 radical (unpaired) electrons. The molecule has 0 fully saturated rings. The Balaban J connectivity index is 2.67. The highest BCUT2D eigenvalue weighted by Gasteiger charge is 2.05. The van der Waals surface area contributed by atoms with E-state index in [1.54, 1.807) is 6.07 Å². The second kappa shape index (κ2) is 4.74. The summed E-state index contributed by atoms with van der Waals surface area (Å²) in [6.45, 7) is 1.40. The number of halogens is 3. The van der Waals surface area contributed by atoms with Crippen molar-refractivity contribution in [2.24, 2.45) is 0 Å². The van der Waals surface area contributed by atoms with Gasteiger partial charge in [-0.1, -0.05) is 6.07 Å². The van der Waals surface area contributed by atoms with Crippen LogP contribution in [0.5, 0.6) is 5.75 Å². The molecule has 0 heterocycles. The maximum Gasteiger partial charge on any atom is 0.272 e. The monoisotopic (exact) mass is 298 g/mol. The molecule has 13 heavy (non-hydrogen) atoms. The maximum atomic E-state index is 11.8. The fourth-order valence-corrected chi connectivity index (χ4v) is 1.70. The van der Waals surface area contributed by atoms with E-state index < -0.39 is 13.0 Å². The van der Waals surface area contributed by atoms with Gasteiger partial charge >= 0.3 is 0 Å². The Labute approximate surface area is 89.2 Å². The summed E-state index contributed by atoms with van der Waals surface area (Å²) in [6, 6.07) is 5.43. The molecule has 0 saturated carbocycles. The maximum absolute atomic E-state index is 11.8. The molecule has 1 aromatic rings. The van der Waals surface area contributed by atoms with Crippen LogP contribution in [0.2, 0.25) is 0 Å². The summed E-state index contributed by atoms with van der Waals surface area (Å²) >= 11 is 2.06. The Morgan fingerprint density at radius 3 is 2.69 bits per heavy atom. The largest absolute Gasteiger partial charge is 0.487 e. The fraction of sp³-hybridized carbons (Fsp3) is 0.333. The molecular formula is C9H9F2IO. The van der Waals surface area contributed by atoms with Gasteiger partial charge in [0.05, 0.1) is 3.57 Å². The van der Waals surface area contributed by atoms with E-state index in [1.165, 1.54) is 0 Å². The molecule has 4 heteroatoms. The van der Waals surface area contributed by atoms with Gasteiger partial charge in [-0.2, -0.15) is 0 Å². The summed E-state index contributed by atoms with van der Waals surface area (Å²) < 4.78 is 29.4. The van der Waals surface area contributed by atoms with Crippen LogP contribution >= 0.6 is 22.6 Å². The van der Waals surface area contributed by atoms with E-state index in [0.29, 0.717) is 5.75 Å². The number of benzene rings is 1. The first-order valence-corrected chi connectivity index (χ1v) is 4.84. The summed E-state index contributed by atoms with van der Waals surface area (Å²) in [5.41, 5.74) is 1.09. The molecular weight excluding hydrogens is 289 g/mol. The Bertz CT molecular complexity index is 289.